The number of hydrogen-bond donors (Lipinski definition) is 1. The predicted molar refractivity (Wildman–Crippen MR) is 96.2 cm³/mol. The Morgan fingerprint density at radius 1 is 1.27 bits per heavy atom. The maximum absolute atomic E-state index is 12.8. The van der Waals surface area contributed by atoms with E-state index in [1.165, 1.54) is 0 Å². The molecule has 2 unspecified atom stereocenters. The van der Waals surface area contributed by atoms with Gasteiger partial charge in [0.2, 0.25) is 0 Å². The second kappa shape index (κ2) is 6.76. The molecule has 2 aromatic rings. The third kappa shape index (κ3) is 3.09. The highest BCUT2D eigenvalue weighted by atomic mass is 16.6. The number of benzene rings is 1. The number of carbonyl (C=O) groups excluding carboxylic acids is 1. The molecule has 1 N–H and O–H groups in total. The molecule has 4 rings (SSSR count). The van der Waals surface area contributed by atoms with Crippen molar-refractivity contribution in [3.05, 3.63) is 54.1 Å². The maximum Gasteiger partial charge on any atom is 0.410 e. The number of aromatic nitrogens is 2. The molecule has 2 saturated heterocycles. The summed E-state index contributed by atoms with van der Waals surface area (Å²) < 4.78 is 7.45. The molecular formula is C20H25N3O3. The minimum absolute atomic E-state index is 0.00525. The number of amides is 1. The van der Waals surface area contributed by atoms with Crippen LogP contribution in [0, 0.1) is 0 Å². The second-order valence-corrected chi connectivity index (χ2v) is 7.52. The number of ether oxygens (including phenoxy) is 1. The number of hydrogen-bond acceptors (Lipinski definition) is 4. The van der Waals surface area contributed by atoms with Crippen LogP contribution < -0.4 is 0 Å². The van der Waals surface area contributed by atoms with Gasteiger partial charge in [-0.2, -0.15) is 0 Å². The molecule has 3 heterocycles. The van der Waals surface area contributed by atoms with Gasteiger partial charge in [0.05, 0.1) is 18.2 Å². The van der Waals surface area contributed by atoms with Gasteiger partial charge in [-0.15, -0.1) is 0 Å². The zero-order valence-corrected chi connectivity index (χ0v) is 15.0. The molecule has 1 aromatic heterocycles. The third-order valence-electron chi connectivity index (χ3n) is 5.72. The van der Waals surface area contributed by atoms with Crippen molar-refractivity contribution in [1.29, 1.82) is 0 Å². The minimum Gasteiger partial charge on any atom is -0.445 e. The summed E-state index contributed by atoms with van der Waals surface area (Å²) in [4.78, 5) is 18.8. The number of fused-ring (bicyclic) bond motifs is 2. The van der Waals surface area contributed by atoms with Crippen LogP contribution in [-0.4, -0.2) is 37.7 Å². The molecular weight excluding hydrogens is 330 g/mol. The Labute approximate surface area is 153 Å². The van der Waals surface area contributed by atoms with Gasteiger partial charge in [-0.3, -0.25) is 0 Å². The van der Waals surface area contributed by atoms with Crippen molar-refractivity contribution in [2.24, 2.45) is 7.05 Å². The van der Waals surface area contributed by atoms with E-state index < -0.39 is 5.60 Å². The normalized spacial score (nSPS) is 28.0. The van der Waals surface area contributed by atoms with Gasteiger partial charge in [-0.25, -0.2) is 9.78 Å². The van der Waals surface area contributed by atoms with E-state index in [-0.39, 0.29) is 24.8 Å². The lowest BCUT2D eigenvalue weighted by atomic mass is 9.74. The Bertz CT molecular complexity index is 760. The number of piperidine rings is 2. The maximum atomic E-state index is 12.8. The quantitative estimate of drug-likeness (QED) is 0.919. The molecule has 2 fully saturated rings. The second-order valence-electron chi connectivity index (χ2n) is 7.52. The van der Waals surface area contributed by atoms with Crippen LogP contribution in [0.2, 0.25) is 0 Å². The van der Waals surface area contributed by atoms with Gasteiger partial charge in [0.1, 0.15) is 12.2 Å². The van der Waals surface area contributed by atoms with Crippen molar-refractivity contribution in [1.82, 2.24) is 14.5 Å². The lowest BCUT2D eigenvalue weighted by Gasteiger charge is -2.51. The first kappa shape index (κ1) is 17.1. The number of carbonyl (C=O) groups is 1. The summed E-state index contributed by atoms with van der Waals surface area (Å²) in [6, 6.07) is 9.73. The molecule has 2 aliphatic rings. The molecule has 26 heavy (non-hydrogen) atoms. The van der Waals surface area contributed by atoms with Gasteiger partial charge >= 0.3 is 6.09 Å². The third-order valence-corrected chi connectivity index (χ3v) is 5.72. The molecule has 0 radical (unpaired) electrons. The van der Waals surface area contributed by atoms with Crippen LogP contribution in [-0.2, 0) is 24.0 Å². The molecule has 0 spiro atoms. The van der Waals surface area contributed by atoms with E-state index in [9.17, 15) is 9.90 Å². The SMILES string of the molecule is Cn1cncc1C1(O)CC2CCCC(C1)N2C(=O)OCc1ccccc1. The van der Waals surface area contributed by atoms with Crippen LogP contribution in [0.5, 0.6) is 0 Å². The molecule has 6 heteroatoms. The Morgan fingerprint density at radius 3 is 2.58 bits per heavy atom. The van der Waals surface area contributed by atoms with E-state index in [0.29, 0.717) is 12.8 Å². The average Bonchev–Trinajstić information content (AvgIpc) is 3.07. The lowest BCUT2D eigenvalue weighted by molar-refractivity contribution is -0.0930. The molecule has 2 atom stereocenters. The largest absolute Gasteiger partial charge is 0.445 e. The number of nitrogens with zero attached hydrogens (tertiary/aromatic N) is 3. The first-order chi connectivity index (χ1) is 12.6. The Balaban J connectivity index is 1.49. The van der Waals surface area contributed by atoms with E-state index in [4.69, 9.17) is 4.74 Å². The van der Waals surface area contributed by atoms with E-state index in [1.807, 2.05) is 46.8 Å². The Kier molecular flexibility index (Phi) is 4.44. The standard InChI is InChI=1S/C20H25N3O3/c1-22-14-21-12-18(22)20(25)10-16-8-5-9-17(11-20)23(16)19(24)26-13-15-6-3-2-4-7-15/h2-4,6-7,12,14,16-17,25H,5,8-11,13H2,1H3. The molecule has 138 valence electrons. The zero-order valence-electron chi connectivity index (χ0n) is 15.0. The van der Waals surface area contributed by atoms with Crippen LogP contribution in [0.1, 0.15) is 43.4 Å². The van der Waals surface area contributed by atoms with Gasteiger partial charge in [0.15, 0.2) is 0 Å². The average molecular weight is 355 g/mol. The molecule has 2 aliphatic heterocycles. The lowest BCUT2D eigenvalue weighted by Crippen LogP contribution is -2.59. The zero-order chi connectivity index (χ0) is 18.1. The van der Waals surface area contributed by atoms with E-state index in [1.54, 1.807) is 12.5 Å². The monoisotopic (exact) mass is 355 g/mol. The molecule has 1 amide bonds. The van der Waals surface area contributed by atoms with Crippen molar-refractivity contribution in [3.8, 4) is 0 Å². The van der Waals surface area contributed by atoms with Gasteiger partial charge in [-0.05, 0) is 24.8 Å². The fraction of sp³-hybridized carbons (Fsp3) is 0.500. The summed E-state index contributed by atoms with van der Waals surface area (Å²) in [5.74, 6) is 0. The van der Waals surface area contributed by atoms with E-state index in [2.05, 4.69) is 4.98 Å². The Morgan fingerprint density at radius 2 is 1.96 bits per heavy atom. The Hall–Kier alpha value is -2.34. The van der Waals surface area contributed by atoms with Gasteiger partial charge in [-0.1, -0.05) is 30.3 Å². The van der Waals surface area contributed by atoms with Gasteiger partial charge in [0.25, 0.3) is 0 Å². The summed E-state index contributed by atoms with van der Waals surface area (Å²) >= 11 is 0. The van der Waals surface area contributed by atoms with Crippen LogP contribution in [0.4, 0.5) is 4.79 Å². The summed E-state index contributed by atoms with van der Waals surface area (Å²) in [5.41, 5.74) is 0.873. The first-order valence-corrected chi connectivity index (χ1v) is 9.25. The van der Waals surface area contributed by atoms with Crippen molar-refractivity contribution >= 4 is 6.09 Å². The van der Waals surface area contributed by atoms with Gasteiger partial charge < -0.3 is 19.3 Å². The highest BCUT2D eigenvalue weighted by molar-refractivity contribution is 5.69. The number of rotatable bonds is 3. The fourth-order valence-corrected chi connectivity index (χ4v) is 4.54. The highest BCUT2D eigenvalue weighted by Gasteiger charge is 2.49. The predicted octanol–water partition coefficient (Wildman–Crippen LogP) is 2.96. The van der Waals surface area contributed by atoms with Crippen LogP contribution >= 0.6 is 0 Å². The van der Waals surface area contributed by atoms with Crippen LogP contribution in [0.15, 0.2) is 42.9 Å². The van der Waals surface area contributed by atoms with Crippen molar-refractivity contribution in [2.45, 2.75) is 56.4 Å². The molecule has 1 aromatic carbocycles. The van der Waals surface area contributed by atoms with Gasteiger partial charge in [0, 0.05) is 32.0 Å². The smallest absolute Gasteiger partial charge is 0.410 e. The molecule has 6 nitrogen and oxygen atoms in total. The van der Waals surface area contributed by atoms with Crippen molar-refractivity contribution in [3.63, 3.8) is 0 Å². The minimum atomic E-state index is -0.933. The number of aliphatic hydroxyl groups is 1. The number of aryl methyl sites for hydroxylation is 1. The van der Waals surface area contributed by atoms with E-state index >= 15 is 0 Å². The first-order valence-electron chi connectivity index (χ1n) is 9.25. The number of imidazole rings is 1. The molecule has 0 saturated carbocycles. The summed E-state index contributed by atoms with van der Waals surface area (Å²) in [6.07, 6.45) is 7.12. The summed E-state index contributed by atoms with van der Waals surface area (Å²) in [7, 11) is 1.90. The van der Waals surface area contributed by atoms with E-state index in [0.717, 1.165) is 30.5 Å². The van der Waals surface area contributed by atoms with Crippen LogP contribution in [0.3, 0.4) is 0 Å². The topological polar surface area (TPSA) is 67.6 Å². The summed E-state index contributed by atoms with van der Waals surface area (Å²) in [6.45, 7) is 0.279. The van der Waals surface area contributed by atoms with Crippen molar-refractivity contribution < 1.29 is 14.6 Å². The van der Waals surface area contributed by atoms with Crippen LogP contribution in [0.25, 0.3) is 0 Å². The highest BCUT2D eigenvalue weighted by Crippen LogP contribution is 2.44. The van der Waals surface area contributed by atoms with Crippen molar-refractivity contribution in [2.75, 3.05) is 0 Å². The fourth-order valence-electron chi connectivity index (χ4n) is 4.54. The molecule has 2 bridgehead atoms. The molecule has 0 aliphatic carbocycles. The summed E-state index contributed by atoms with van der Waals surface area (Å²) in [5, 5.41) is 11.3.